The number of para-hydroxylation sites is 1. The molecule has 0 saturated carbocycles. The van der Waals surface area contributed by atoms with Crippen LogP contribution in [0.4, 0.5) is 5.69 Å². The van der Waals surface area contributed by atoms with E-state index in [4.69, 9.17) is 14.0 Å². The summed E-state index contributed by atoms with van der Waals surface area (Å²) in [5.41, 5.74) is 2.18. The molecule has 4 rings (SSSR count). The Balaban J connectivity index is 1.37. The molecule has 3 aromatic rings. The van der Waals surface area contributed by atoms with Gasteiger partial charge >= 0.3 is 5.97 Å². The largest absolute Gasteiger partial charge is 0.496 e. The van der Waals surface area contributed by atoms with E-state index in [1.165, 1.54) is 0 Å². The molecule has 2 aromatic carbocycles. The summed E-state index contributed by atoms with van der Waals surface area (Å²) >= 11 is 1.60. The molecule has 8 heteroatoms. The zero-order valence-electron chi connectivity index (χ0n) is 17.2. The third kappa shape index (κ3) is 4.59. The smallest absolute Gasteiger partial charge is 0.311 e. The fourth-order valence-electron chi connectivity index (χ4n) is 3.52. The molecule has 1 fully saturated rings. The quantitative estimate of drug-likeness (QED) is 0.404. The minimum atomic E-state index is -0.512. The topological polar surface area (TPSA) is 81.9 Å². The van der Waals surface area contributed by atoms with Gasteiger partial charge in [-0.25, -0.2) is 0 Å². The van der Waals surface area contributed by atoms with Gasteiger partial charge in [-0.3, -0.25) is 9.59 Å². The number of aromatic nitrogens is 1. The van der Waals surface area contributed by atoms with Crippen molar-refractivity contribution < 1.29 is 23.6 Å². The molecule has 7 nitrogen and oxygen atoms in total. The number of thioether (sulfide) groups is 1. The fourth-order valence-corrected chi connectivity index (χ4v) is 3.97. The van der Waals surface area contributed by atoms with Crippen molar-refractivity contribution in [2.45, 2.75) is 17.9 Å². The zero-order chi connectivity index (χ0) is 21.8. The first-order valence-corrected chi connectivity index (χ1v) is 11.0. The van der Waals surface area contributed by atoms with Gasteiger partial charge in [0.1, 0.15) is 11.4 Å². The molecule has 31 heavy (non-hydrogen) atoms. The molecule has 160 valence electrons. The standard InChI is InChI=1S/C23H22N2O5S/c1-28-21-9-4-3-8-19(21)20-12-17(30-24-20)14-29-23(27)15-10-22(26)25(13-15)16-6-5-7-18(11-16)31-2/h3-9,11-12,15H,10,13-14H2,1-2H3. The Morgan fingerprint density at radius 3 is 2.87 bits per heavy atom. The molecule has 1 unspecified atom stereocenters. The summed E-state index contributed by atoms with van der Waals surface area (Å²) in [6.45, 7) is 0.256. The number of esters is 1. The molecular formula is C23H22N2O5S. The van der Waals surface area contributed by atoms with Gasteiger partial charge in [-0.1, -0.05) is 23.4 Å². The first-order valence-electron chi connectivity index (χ1n) is 9.79. The number of ether oxygens (including phenoxy) is 2. The number of rotatable bonds is 7. The van der Waals surface area contributed by atoms with Gasteiger partial charge in [0.15, 0.2) is 12.4 Å². The van der Waals surface area contributed by atoms with Crippen LogP contribution in [0.5, 0.6) is 5.75 Å². The number of methoxy groups -OCH3 is 1. The highest BCUT2D eigenvalue weighted by Crippen LogP contribution is 2.30. The third-order valence-electron chi connectivity index (χ3n) is 5.12. The van der Waals surface area contributed by atoms with Crippen LogP contribution in [-0.4, -0.2) is 36.9 Å². The van der Waals surface area contributed by atoms with Gasteiger partial charge in [0, 0.05) is 35.2 Å². The molecule has 1 aromatic heterocycles. The molecule has 1 amide bonds. The van der Waals surface area contributed by atoms with Crippen LogP contribution in [-0.2, 0) is 20.9 Å². The van der Waals surface area contributed by atoms with Crippen LogP contribution >= 0.6 is 11.8 Å². The molecule has 1 aliphatic rings. The van der Waals surface area contributed by atoms with E-state index in [2.05, 4.69) is 5.16 Å². The predicted octanol–water partition coefficient (Wildman–Crippen LogP) is 4.17. The lowest BCUT2D eigenvalue weighted by Gasteiger charge is -2.17. The minimum Gasteiger partial charge on any atom is -0.496 e. The number of amides is 1. The van der Waals surface area contributed by atoms with E-state index >= 15 is 0 Å². The van der Waals surface area contributed by atoms with Crippen molar-refractivity contribution in [2.75, 3.05) is 24.8 Å². The molecule has 0 bridgehead atoms. The third-order valence-corrected chi connectivity index (χ3v) is 5.85. The second kappa shape index (κ2) is 9.26. The normalized spacial score (nSPS) is 15.9. The van der Waals surface area contributed by atoms with Crippen molar-refractivity contribution in [3.8, 4) is 17.0 Å². The average molecular weight is 439 g/mol. The lowest BCUT2D eigenvalue weighted by molar-refractivity contribution is -0.150. The van der Waals surface area contributed by atoms with E-state index < -0.39 is 11.9 Å². The molecule has 2 heterocycles. The van der Waals surface area contributed by atoms with Crippen LogP contribution in [0.3, 0.4) is 0 Å². The maximum atomic E-state index is 12.6. The summed E-state index contributed by atoms with van der Waals surface area (Å²) in [4.78, 5) is 27.7. The van der Waals surface area contributed by atoms with Gasteiger partial charge in [0.2, 0.25) is 5.91 Å². The van der Waals surface area contributed by atoms with Gasteiger partial charge in [-0.05, 0) is 36.6 Å². The summed E-state index contributed by atoms with van der Waals surface area (Å²) in [5, 5.41) is 4.04. The number of carbonyl (C=O) groups excluding carboxylic acids is 2. The summed E-state index contributed by atoms with van der Waals surface area (Å²) in [7, 11) is 1.59. The van der Waals surface area contributed by atoms with Crippen LogP contribution in [0.25, 0.3) is 11.3 Å². The predicted molar refractivity (Wildman–Crippen MR) is 117 cm³/mol. The average Bonchev–Trinajstić information content (AvgIpc) is 3.44. The molecule has 0 radical (unpaired) electrons. The summed E-state index contributed by atoms with van der Waals surface area (Å²) in [6, 6.07) is 16.9. The molecule has 0 spiro atoms. The highest BCUT2D eigenvalue weighted by Gasteiger charge is 2.36. The van der Waals surface area contributed by atoms with Crippen LogP contribution in [0, 0.1) is 5.92 Å². The van der Waals surface area contributed by atoms with Gasteiger partial charge in [-0.15, -0.1) is 11.8 Å². The number of nitrogens with zero attached hydrogens (tertiary/aromatic N) is 2. The van der Waals surface area contributed by atoms with Crippen molar-refractivity contribution in [1.29, 1.82) is 0 Å². The zero-order valence-corrected chi connectivity index (χ0v) is 18.1. The first-order chi connectivity index (χ1) is 15.1. The number of anilines is 1. The Kier molecular flexibility index (Phi) is 6.27. The molecule has 0 N–H and O–H groups in total. The number of benzene rings is 2. The summed E-state index contributed by atoms with van der Waals surface area (Å²) < 4.78 is 16.1. The van der Waals surface area contributed by atoms with Gasteiger partial charge in [-0.2, -0.15) is 0 Å². The van der Waals surface area contributed by atoms with E-state index in [0.29, 0.717) is 23.7 Å². The monoisotopic (exact) mass is 438 g/mol. The SMILES string of the molecule is COc1ccccc1-c1cc(COC(=O)C2CC(=O)N(c3cccc(SC)c3)C2)on1. The number of carbonyl (C=O) groups is 2. The minimum absolute atomic E-state index is 0.0480. The van der Waals surface area contributed by atoms with E-state index in [1.54, 1.807) is 29.8 Å². The maximum Gasteiger partial charge on any atom is 0.311 e. The Morgan fingerprint density at radius 2 is 2.06 bits per heavy atom. The van der Waals surface area contributed by atoms with Crippen LogP contribution in [0.15, 0.2) is 64.0 Å². The lowest BCUT2D eigenvalue weighted by Crippen LogP contribution is -2.26. The Morgan fingerprint density at radius 1 is 1.23 bits per heavy atom. The molecular weight excluding hydrogens is 416 g/mol. The Bertz CT molecular complexity index is 1100. The van der Waals surface area contributed by atoms with Crippen LogP contribution < -0.4 is 9.64 Å². The van der Waals surface area contributed by atoms with Crippen molar-refractivity contribution in [3.63, 3.8) is 0 Å². The van der Waals surface area contributed by atoms with Crippen molar-refractivity contribution in [1.82, 2.24) is 5.16 Å². The van der Waals surface area contributed by atoms with Crippen LogP contribution in [0.2, 0.25) is 0 Å². The second-order valence-electron chi connectivity index (χ2n) is 7.09. The fraction of sp³-hybridized carbons (Fsp3) is 0.261. The second-order valence-corrected chi connectivity index (χ2v) is 7.97. The van der Waals surface area contributed by atoms with Gasteiger partial charge in [0.05, 0.1) is 13.0 Å². The van der Waals surface area contributed by atoms with E-state index in [0.717, 1.165) is 16.1 Å². The summed E-state index contributed by atoms with van der Waals surface area (Å²) in [5.74, 6) is 0.0741. The van der Waals surface area contributed by atoms with Crippen molar-refractivity contribution in [2.24, 2.45) is 5.92 Å². The highest BCUT2D eigenvalue weighted by atomic mass is 32.2. The van der Waals surface area contributed by atoms with E-state index in [9.17, 15) is 9.59 Å². The highest BCUT2D eigenvalue weighted by molar-refractivity contribution is 7.98. The number of hydrogen-bond acceptors (Lipinski definition) is 7. The molecule has 1 atom stereocenters. The van der Waals surface area contributed by atoms with Crippen LogP contribution in [0.1, 0.15) is 12.2 Å². The number of hydrogen-bond donors (Lipinski definition) is 0. The summed E-state index contributed by atoms with van der Waals surface area (Å²) in [6.07, 6.45) is 2.11. The van der Waals surface area contributed by atoms with Crippen molar-refractivity contribution >= 4 is 29.3 Å². The Labute approximate surface area is 184 Å². The molecule has 0 aliphatic carbocycles. The maximum absolute atomic E-state index is 12.6. The first kappa shape index (κ1) is 21.0. The Hall–Kier alpha value is -3.26. The molecule has 1 aliphatic heterocycles. The van der Waals surface area contributed by atoms with E-state index in [1.807, 2.05) is 54.8 Å². The molecule has 1 saturated heterocycles. The van der Waals surface area contributed by atoms with Gasteiger partial charge < -0.3 is 18.9 Å². The van der Waals surface area contributed by atoms with Crippen molar-refractivity contribution in [3.05, 3.63) is 60.4 Å². The van der Waals surface area contributed by atoms with E-state index in [-0.39, 0.29) is 18.9 Å². The van der Waals surface area contributed by atoms with Gasteiger partial charge in [0.25, 0.3) is 0 Å². The lowest BCUT2D eigenvalue weighted by atomic mass is 10.1.